The summed E-state index contributed by atoms with van der Waals surface area (Å²) in [6, 6.07) is -0.811. The first-order valence-corrected chi connectivity index (χ1v) is 4.72. The van der Waals surface area contributed by atoms with Gasteiger partial charge in [0.15, 0.2) is 11.9 Å². The van der Waals surface area contributed by atoms with Crippen molar-refractivity contribution in [3.05, 3.63) is 12.2 Å². The molecule has 15 heavy (non-hydrogen) atoms. The van der Waals surface area contributed by atoms with Crippen LogP contribution >= 0.6 is 0 Å². The van der Waals surface area contributed by atoms with Crippen molar-refractivity contribution in [2.24, 2.45) is 0 Å². The van der Waals surface area contributed by atoms with Gasteiger partial charge >= 0.3 is 5.97 Å². The van der Waals surface area contributed by atoms with Gasteiger partial charge in [0, 0.05) is 0 Å². The number of carboxylic acids is 1. The van der Waals surface area contributed by atoms with Crippen molar-refractivity contribution in [1.82, 2.24) is 5.32 Å². The van der Waals surface area contributed by atoms with Crippen LogP contribution in [0.3, 0.4) is 0 Å². The lowest BCUT2D eigenvalue weighted by molar-refractivity contribution is -0.154. The zero-order valence-electron chi connectivity index (χ0n) is 8.98. The summed E-state index contributed by atoms with van der Waals surface area (Å²) < 4.78 is 5.22. The summed E-state index contributed by atoms with van der Waals surface area (Å²) in [5.74, 6) is -1.41. The van der Waals surface area contributed by atoms with Gasteiger partial charge in [-0.25, -0.2) is 4.79 Å². The molecule has 1 fully saturated rings. The predicted octanol–water partition coefficient (Wildman–Crippen LogP) is 0.309. The second-order valence-corrected chi connectivity index (χ2v) is 3.91. The lowest BCUT2D eigenvalue weighted by Crippen LogP contribution is -2.44. The molecule has 0 aromatic carbocycles. The van der Waals surface area contributed by atoms with Gasteiger partial charge in [-0.1, -0.05) is 6.08 Å². The van der Waals surface area contributed by atoms with Crippen molar-refractivity contribution in [1.29, 1.82) is 0 Å². The molecule has 1 aliphatic heterocycles. The van der Waals surface area contributed by atoms with Crippen molar-refractivity contribution < 1.29 is 19.4 Å². The monoisotopic (exact) mass is 213 g/mol. The number of hydrogen-bond donors (Lipinski definition) is 2. The Bertz CT molecular complexity index is 309. The van der Waals surface area contributed by atoms with Crippen molar-refractivity contribution in [2.75, 3.05) is 0 Å². The van der Waals surface area contributed by atoms with Crippen molar-refractivity contribution >= 4 is 11.8 Å². The molecule has 1 aliphatic rings. The van der Waals surface area contributed by atoms with E-state index in [1.807, 2.05) is 0 Å². The Hall–Kier alpha value is -1.20. The molecule has 0 radical (unpaired) electrons. The van der Waals surface area contributed by atoms with Gasteiger partial charge in [0.2, 0.25) is 0 Å². The molecule has 0 saturated carbocycles. The lowest BCUT2D eigenvalue weighted by atomic mass is 10.1. The van der Waals surface area contributed by atoms with Crippen molar-refractivity contribution in [3.63, 3.8) is 0 Å². The van der Waals surface area contributed by atoms with E-state index >= 15 is 0 Å². The van der Waals surface area contributed by atoms with E-state index < -0.39 is 23.8 Å². The van der Waals surface area contributed by atoms with Crippen molar-refractivity contribution in [2.45, 2.75) is 38.6 Å². The van der Waals surface area contributed by atoms with E-state index in [-0.39, 0.29) is 5.78 Å². The summed E-state index contributed by atoms with van der Waals surface area (Å²) in [5.41, 5.74) is -0.787. The van der Waals surface area contributed by atoms with Crippen LogP contribution in [0, 0.1) is 0 Å². The van der Waals surface area contributed by atoms with Gasteiger partial charge in [0.1, 0.15) is 11.8 Å². The van der Waals surface area contributed by atoms with Gasteiger partial charge in [-0.05, 0) is 26.8 Å². The molecule has 84 valence electrons. The number of hydrogen-bond acceptors (Lipinski definition) is 4. The second kappa shape index (κ2) is 4.12. The Kier molecular flexibility index (Phi) is 3.26. The van der Waals surface area contributed by atoms with E-state index in [2.05, 4.69) is 5.32 Å². The largest absolute Gasteiger partial charge is 0.479 e. The lowest BCUT2D eigenvalue weighted by Gasteiger charge is -2.17. The minimum Gasteiger partial charge on any atom is -0.479 e. The van der Waals surface area contributed by atoms with Crippen LogP contribution < -0.4 is 5.32 Å². The number of carbonyl (C=O) groups is 2. The molecule has 2 unspecified atom stereocenters. The number of aliphatic carboxylic acids is 1. The molecule has 0 amide bonds. The van der Waals surface area contributed by atoms with Gasteiger partial charge in [-0.2, -0.15) is 0 Å². The summed E-state index contributed by atoms with van der Waals surface area (Å²) in [6.07, 6.45) is 1.80. The summed E-state index contributed by atoms with van der Waals surface area (Å²) in [6.45, 7) is 5.08. The third kappa shape index (κ3) is 2.64. The van der Waals surface area contributed by atoms with Gasteiger partial charge in [0.05, 0.1) is 0 Å². The van der Waals surface area contributed by atoms with Crippen LogP contribution in [0.2, 0.25) is 0 Å². The molecule has 2 atom stereocenters. The van der Waals surface area contributed by atoms with Gasteiger partial charge in [-0.15, -0.1) is 0 Å². The minimum atomic E-state index is -1.13. The molecule has 0 spiro atoms. The van der Waals surface area contributed by atoms with Crippen LogP contribution in [0.25, 0.3) is 0 Å². The number of carboxylic acid groups (broad SMARTS) is 1. The highest BCUT2D eigenvalue weighted by atomic mass is 16.6. The van der Waals surface area contributed by atoms with Gasteiger partial charge in [0.25, 0.3) is 0 Å². The molecular weight excluding hydrogens is 198 g/mol. The molecule has 0 aromatic rings. The zero-order valence-corrected chi connectivity index (χ0v) is 8.98. The Morgan fingerprint density at radius 3 is 2.53 bits per heavy atom. The molecule has 5 heteroatoms. The third-order valence-corrected chi connectivity index (χ3v) is 2.11. The van der Waals surface area contributed by atoms with Crippen LogP contribution in [0.5, 0.6) is 0 Å². The molecule has 0 bridgehead atoms. The quantitative estimate of drug-likeness (QED) is 0.660. The number of allylic oxidation sites excluding steroid dienone is 1. The number of ketones is 1. The first kappa shape index (κ1) is 11.9. The highest BCUT2D eigenvalue weighted by Gasteiger charge is 2.46. The normalized spacial score (nSPS) is 29.5. The summed E-state index contributed by atoms with van der Waals surface area (Å²) in [4.78, 5) is 22.4. The summed E-state index contributed by atoms with van der Waals surface area (Å²) >= 11 is 0. The number of rotatable bonds is 3. The first-order valence-electron chi connectivity index (χ1n) is 4.72. The summed E-state index contributed by atoms with van der Waals surface area (Å²) in [7, 11) is 0. The molecule has 1 saturated heterocycles. The minimum absolute atomic E-state index is 0.282. The maximum atomic E-state index is 11.6. The van der Waals surface area contributed by atoms with E-state index in [0.717, 1.165) is 0 Å². The highest BCUT2D eigenvalue weighted by Crippen LogP contribution is 2.22. The Morgan fingerprint density at radius 2 is 2.07 bits per heavy atom. The van der Waals surface area contributed by atoms with E-state index in [4.69, 9.17) is 9.84 Å². The number of nitrogens with one attached hydrogen (secondary N) is 1. The van der Waals surface area contributed by atoms with Crippen LogP contribution in [-0.4, -0.2) is 34.7 Å². The summed E-state index contributed by atoms with van der Waals surface area (Å²) in [5, 5.41) is 11.7. The highest BCUT2D eigenvalue weighted by molar-refractivity contribution is 5.98. The number of ether oxygens (including phenoxy) is 1. The Morgan fingerprint density at radius 1 is 1.47 bits per heavy atom. The molecule has 0 aromatic heterocycles. The average molecular weight is 213 g/mol. The topological polar surface area (TPSA) is 75.6 Å². The van der Waals surface area contributed by atoms with Crippen LogP contribution in [0.1, 0.15) is 20.8 Å². The molecule has 0 aliphatic carbocycles. The van der Waals surface area contributed by atoms with Crippen molar-refractivity contribution in [3.8, 4) is 0 Å². The fourth-order valence-electron chi connectivity index (χ4n) is 1.55. The van der Waals surface area contributed by atoms with E-state index in [0.29, 0.717) is 0 Å². The van der Waals surface area contributed by atoms with E-state index in [1.54, 1.807) is 26.8 Å². The number of carbonyl (C=O) groups excluding carboxylic acids is 1. The van der Waals surface area contributed by atoms with E-state index in [9.17, 15) is 9.59 Å². The fraction of sp³-hybridized carbons (Fsp3) is 0.600. The predicted molar refractivity (Wildman–Crippen MR) is 53.3 cm³/mol. The standard InChI is InChI=1S/C10H15NO4/c1-4-5-6(12)7-8(9(13)14)15-10(2,3)11-7/h4-5,7-8,11H,1-3H3,(H,13,14)/b5-4+. The molecular formula is C10H15NO4. The zero-order chi connectivity index (χ0) is 11.6. The molecule has 1 rings (SSSR count). The van der Waals surface area contributed by atoms with E-state index in [1.165, 1.54) is 6.08 Å². The fourth-order valence-corrected chi connectivity index (χ4v) is 1.55. The Labute approximate surface area is 88.1 Å². The van der Waals surface area contributed by atoms with Gasteiger partial charge in [-0.3, -0.25) is 10.1 Å². The smallest absolute Gasteiger partial charge is 0.335 e. The molecule has 5 nitrogen and oxygen atoms in total. The van der Waals surface area contributed by atoms with Crippen LogP contribution in [0.15, 0.2) is 12.2 Å². The maximum absolute atomic E-state index is 11.6. The second-order valence-electron chi connectivity index (χ2n) is 3.91. The Balaban J connectivity index is 2.86. The average Bonchev–Trinajstić information content (AvgIpc) is 2.42. The van der Waals surface area contributed by atoms with Crippen LogP contribution in [-0.2, 0) is 14.3 Å². The maximum Gasteiger partial charge on any atom is 0.335 e. The SMILES string of the molecule is C/C=C/C(=O)C1NC(C)(C)OC1C(=O)O. The molecule has 2 N–H and O–H groups in total. The van der Waals surface area contributed by atoms with Gasteiger partial charge < -0.3 is 9.84 Å². The first-order chi connectivity index (χ1) is 6.87. The third-order valence-electron chi connectivity index (χ3n) is 2.11. The molecule has 1 heterocycles. The van der Waals surface area contributed by atoms with Crippen LogP contribution in [0.4, 0.5) is 0 Å².